The summed E-state index contributed by atoms with van der Waals surface area (Å²) in [7, 11) is 0. The Morgan fingerprint density at radius 2 is 1.78 bits per heavy atom. The fourth-order valence-electron chi connectivity index (χ4n) is 4.09. The molecule has 1 aromatic carbocycles. The van der Waals surface area contributed by atoms with Crippen LogP contribution in [0.15, 0.2) is 24.3 Å². The monoisotopic (exact) mass is 505 g/mol. The molecule has 198 valence electrons. The molecule has 1 aliphatic heterocycles. The van der Waals surface area contributed by atoms with Gasteiger partial charge in [-0.3, -0.25) is 19.2 Å². The summed E-state index contributed by atoms with van der Waals surface area (Å²) in [5.41, 5.74) is 11.5. The molecule has 1 fully saturated rings. The normalized spacial score (nSPS) is 18.5. The molecule has 5 atom stereocenters. The maximum Gasteiger partial charge on any atom is 0.326 e. The Morgan fingerprint density at radius 3 is 2.33 bits per heavy atom. The number of carbonyl (C=O) groups excluding carboxylic acids is 4. The van der Waals surface area contributed by atoms with Crippen molar-refractivity contribution in [3.63, 3.8) is 0 Å². The van der Waals surface area contributed by atoms with E-state index in [-0.39, 0.29) is 24.6 Å². The number of hydrogen-bond acceptors (Lipinski definition) is 7. The third-order valence-corrected chi connectivity index (χ3v) is 6.36. The first-order valence-corrected chi connectivity index (χ1v) is 11.9. The quantitative estimate of drug-likeness (QED) is 0.212. The predicted molar refractivity (Wildman–Crippen MR) is 129 cm³/mol. The lowest BCUT2D eigenvalue weighted by Gasteiger charge is -2.30. The fraction of sp³-hybridized carbons (Fsp3) is 0.542. The Hall–Kier alpha value is -3.67. The number of carboxylic acids is 1. The van der Waals surface area contributed by atoms with Gasteiger partial charge >= 0.3 is 5.97 Å². The minimum atomic E-state index is -1.26. The Labute approximate surface area is 209 Å². The van der Waals surface area contributed by atoms with Gasteiger partial charge in [-0.2, -0.15) is 0 Å². The lowest BCUT2D eigenvalue weighted by atomic mass is 9.98. The first-order chi connectivity index (χ1) is 16.9. The number of primary amides is 1. The zero-order valence-electron chi connectivity index (χ0n) is 20.5. The number of likely N-dealkylation sites (tertiary alicyclic amines) is 1. The number of amides is 4. The number of nitrogens with two attached hydrogens (primary N) is 2. The van der Waals surface area contributed by atoms with Gasteiger partial charge in [0.15, 0.2) is 0 Å². The van der Waals surface area contributed by atoms with E-state index in [1.807, 2.05) is 6.92 Å². The summed E-state index contributed by atoms with van der Waals surface area (Å²) in [6.45, 7) is 3.78. The summed E-state index contributed by atoms with van der Waals surface area (Å²) in [5, 5.41) is 24.2. The first-order valence-electron chi connectivity index (χ1n) is 11.9. The van der Waals surface area contributed by atoms with Crippen LogP contribution in [0.4, 0.5) is 0 Å². The van der Waals surface area contributed by atoms with Crippen molar-refractivity contribution < 1.29 is 34.2 Å². The maximum atomic E-state index is 13.6. The lowest BCUT2D eigenvalue weighted by Crippen LogP contribution is -2.58. The van der Waals surface area contributed by atoms with Crippen LogP contribution in [0.1, 0.15) is 45.1 Å². The standard InChI is InChI=1S/C24H35N5O7/c1-3-13(2)20(24(35)36)28-22(33)18-5-4-10-29(18)23(34)17(11-14-6-8-15(30)9-7-14)27-21(32)16(25)12-19(26)31/h6-9,13,16-18,20,30H,3-5,10-12,25H2,1-2H3,(H2,26,31)(H,27,32)(H,28,33)(H,35,36). The number of nitrogens with one attached hydrogen (secondary N) is 2. The lowest BCUT2D eigenvalue weighted by molar-refractivity contribution is -0.146. The highest BCUT2D eigenvalue weighted by Gasteiger charge is 2.39. The molecule has 12 nitrogen and oxygen atoms in total. The number of phenols is 1. The Balaban J connectivity index is 2.25. The average Bonchev–Trinajstić information content (AvgIpc) is 3.31. The predicted octanol–water partition coefficient (Wildman–Crippen LogP) is -0.771. The second-order valence-corrected chi connectivity index (χ2v) is 9.11. The number of hydrogen-bond donors (Lipinski definition) is 6. The van der Waals surface area contributed by atoms with Crippen LogP contribution in [0.2, 0.25) is 0 Å². The molecule has 1 saturated heterocycles. The summed E-state index contributed by atoms with van der Waals surface area (Å²) in [4.78, 5) is 63.3. The number of rotatable bonds is 12. The number of nitrogens with zero attached hydrogens (tertiary/aromatic N) is 1. The average molecular weight is 506 g/mol. The van der Waals surface area contributed by atoms with Crippen molar-refractivity contribution in [2.75, 3.05) is 6.54 Å². The summed E-state index contributed by atoms with van der Waals surface area (Å²) in [5.74, 6) is -4.09. The molecule has 0 aromatic heterocycles. The van der Waals surface area contributed by atoms with Crippen LogP contribution in [0.5, 0.6) is 5.75 Å². The molecule has 0 bridgehead atoms. The van der Waals surface area contributed by atoms with E-state index in [1.165, 1.54) is 17.0 Å². The molecule has 4 amide bonds. The second-order valence-electron chi connectivity index (χ2n) is 9.11. The van der Waals surface area contributed by atoms with Crippen LogP contribution >= 0.6 is 0 Å². The SMILES string of the molecule is CCC(C)C(NC(=O)C1CCCN1C(=O)C(Cc1ccc(O)cc1)NC(=O)C(N)CC(N)=O)C(=O)O. The van der Waals surface area contributed by atoms with Crippen molar-refractivity contribution in [3.05, 3.63) is 29.8 Å². The van der Waals surface area contributed by atoms with Gasteiger partial charge in [0, 0.05) is 13.0 Å². The topological polar surface area (TPSA) is 205 Å². The highest BCUT2D eigenvalue weighted by Crippen LogP contribution is 2.21. The van der Waals surface area contributed by atoms with Gasteiger partial charge in [-0.1, -0.05) is 32.4 Å². The minimum absolute atomic E-state index is 0.0275. The second kappa shape index (κ2) is 12.9. The minimum Gasteiger partial charge on any atom is -0.508 e. The number of aliphatic carboxylic acids is 1. The van der Waals surface area contributed by atoms with E-state index >= 15 is 0 Å². The molecular formula is C24H35N5O7. The molecule has 0 aliphatic carbocycles. The largest absolute Gasteiger partial charge is 0.508 e. The molecule has 2 rings (SSSR count). The van der Waals surface area contributed by atoms with Crippen molar-refractivity contribution in [3.8, 4) is 5.75 Å². The third kappa shape index (κ3) is 7.67. The van der Waals surface area contributed by atoms with Crippen LogP contribution in [0.3, 0.4) is 0 Å². The van der Waals surface area contributed by atoms with E-state index < -0.39 is 60.2 Å². The highest BCUT2D eigenvalue weighted by atomic mass is 16.4. The van der Waals surface area contributed by atoms with Crippen LogP contribution in [0, 0.1) is 5.92 Å². The van der Waals surface area contributed by atoms with Crippen LogP contribution in [-0.2, 0) is 30.4 Å². The van der Waals surface area contributed by atoms with E-state index in [0.29, 0.717) is 24.8 Å². The summed E-state index contributed by atoms with van der Waals surface area (Å²) >= 11 is 0. The fourth-order valence-corrected chi connectivity index (χ4v) is 4.09. The van der Waals surface area contributed by atoms with E-state index in [0.717, 1.165) is 0 Å². The van der Waals surface area contributed by atoms with Crippen molar-refractivity contribution >= 4 is 29.6 Å². The van der Waals surface area contributed by atoms with Gasteiger partial charge in [0.2, 0.25) is 23.6 Å². The Morgan fingerprint density at radius 1 is 1.14 bits per heavy atom. The molecule has 1 aromatic rings. The summed E-state index contributed by atoms with van der Waals surface area (Å²) in [6, 6.07) is 1.66. The highest BCUT2D eigenvalue weighted by molar-refractivity contribution is 5.95. The summed E-state index contributed by atoms with van der Waals surface area (Å²) < 4.78 is 0. The zero-order valence-corrected chi connectivity index (χ0v) is 20.5. The molecule has 0 saturated carbocycles. The number of carboxylic acid groups (broad SMARTS) is 1. The molecule has 1 heterocycles. The molecule has 0 radical (unpaired) electrons. The van der Waals surface area contributed by atoms with Crippen LogP contribution < -0.4 is 22.1 Å². The molecular weight excluding hydrogens is 470 g/mol. The van der Waals surface area contributed by atoms with Crippen molar-refractivity contribution in [1.82, 2.24) is 15.5 Å². The van der Waals surface area contributed by atoms with Crippen molar-refractivity contribution in [1.29, 1.82) is 0 Å². The molecule has 12 heteroatoms. The third-order valence-electron chi connectivity index (χ3n) is 6.36. The first kappa shape index (κ1) is 28.6. The smallest absolute Gasteiger partial charge is 0.326 e. The Kier molecular flexibility index (Phi) is 10.2. The number of aromatic hydroxyl groups is 1. The van der Waals surface area contributed by atoms with Gasteiger partial charge in [0.05, 0.1) is 12.5 Å². The summed E-state index contributed by atoms with van der Waals surface area (Å²) in [6.07, 6.45) is 1.02. The van der Waals surface area contributed by atoms with Gasteiger partial charge < -0.3 is 37.2 Å². The van der Waals surface area contributed by atoms with Crippen LogP contribution in [-0.4, -0.2) is 75.4 Å². The molecule has 5 unspecified atom stereocenters. The maximum absolute atomic E-state index is 13.6. The molecule has 1 aliphatic rings. The number of carbonyl (C=O) groups is 5. The van der Waals surface area contributed by atoms with E-state index in [1.54, 1.807) is 19.1 Å². The molecule has 0 spiro atoms. The van der Waals surface area contributed by atoms with Crippen LogP contribution in [0.25, 0.3) is 0 Å². The van der Waals surface area contributed by atoms with Crippen molar-refractivity contribution in [2.24, 2.45) is 17.4 Å². The van der Waals surface area contributed by atoms with Gasteiger partial charge in [-0.05, 0) is 36.5 Å². The van der Waals surface area contributed by atoms with E-state index in [9.17, 15) is 34.2 Å². The number of benzene rings is 1. The van der Waals surface area contributed by atoms with E-state index in [4.69, 9.17) is 11.5 Å². The van der Waals surface area contributed by atoms with Gasteiger partial charge in [0.1, 0.15) is 23.9 Å². The number of phenolic OH excluding ortho intramolecular Hbond substituents is 1. The Bertz CT molecular complexity index is 968. The molecule has 8 N–H and O–H groups in total. The van der Waals surface area contributed by atoms with Gasteiger partial charge in [-0.15, -0.1) is 0 Å². The zero-order chi connectivity index (χ0) is 27.0. The molecule has 36 heavy (non-hydrogen) atoms. The van der Waals surface area contributed by atoms with Gasteiger partial charge in [-0.25, -0.2) is 4.79 Å². The van der Waals surface area contributed by atoms with E-state index in [2.05, 4.69) is 10.6 Å². The van der Waals surface area contributed by atoms with Crippen molar-refractivity contribution in [2.45, 2.75) is 70.1 Å². The van der Waals surface area contributed by atoms with Gasteiger partial charge in [0.25, 0.3) is 0 Å².